The second-order valence-electron chi connectivity index (χ2n) is 3.67. The summed E-state index contributed by atoms with van der Waals surface area (Å²) < 4.78 is 4.39. The molecule has 0 atom stereocenters. The number of allylic oxidation sites excluding steroid dienone is 2. The van der Waals surface area contributed by atoms with E-state index in [9.17, 15) is 0 Å². The Balaban J connectivity index is 2.38. The Bertz CT molecular complexity index is 316. The third-order valence-electron chi connectivity index (χ3n) is 2.65. The van der Waals surface area contributed by atoms with E-state index in [1.165, 1.54) is 47.4 Å². The molecule has 0 radical (unpaired) electrons. The molecular formula is C11H15NS. The van der Waals surface area contributed by atoms with Gasteiger partial charge in [-0.05, 0) is 56.6 Å². The van der Waals surface area contributed by atoms with Crippen molar-refractivity contribution in [1.29, 1.82) is 0 Å². The molecule has 2 heteroatoms. The average molecular weight is 193 g/mol. The number of nitrogens with zero attached hydrogens (tertiary/aromatic N) is 1. The van der Waals surface area contributed by atoms with Crippen LogP contribution < -0.4 is 0 Å². The summed E-state index contributed by atoms with van der Waals surface area (Å²) >= 11 is 1.63. The fourth-order valence-electron chi connectivity index (χ4n) is 2.01. The van der Waals surface area contributed by atoms with Gasteiger partial charge in [0.15, 0.2) is 0 Å². The van der Waals surface area contributed by atoms with Crippen LogP contribution in [0.4, 0.5) is 0 Å². The molecule has 1 aliphatic rings. The van der Waals surface area contributed by atoms with Gasteiger partial charge in [-0.2, -0.15) is 4.37 Å². The largest absolute Gasteiger partial charge is 0.197 e. The minimum Gasteiger partial charge on any atom is -0.197 e. The number of rotatable bonds is 1. The lowest BCUT2D eigenvalue weighted by atomic mass is 9.93. The van der Waals surface area contributed by atoms with Gasteiger partial charge in [-0.15, -0.1) is 0 Å². The molecule has 0 saturated carbocycles. The molecule has 0 fully saturated rings. The predicted molar refractivity (Wildman–Crippen MR) is 58.0 cm³/mol. The molecule has 0 amide bonds. The first-order chi connectivity index (χ1) is 6.29. The molecule has 1 nitrogen and oxygen atoms in total. The van der Waals surface area contributed by atoms with Gasteiger partial charge in [0.1, 0.15) is 0 Å². The van der Waals surface area contributed by atoms with Crippen molar-refractivity contribution < 1.29 is 0 Å². The normalized spacial score (nSPS) is 17.2. The van der Waals surface area contributed by atoms with Crippen molar-refractivity contribution in [3.63, 3.8) is 0 Å². The molecule has 0 aromatic carbocycles. The zero-order chi connectivity index (χ0) is 9.26. The van der Waals surface area contributed by atoms with Gasteiger partial charge in [-0.3, -0.25) is 0 Å². The third-order valence-corrected chi connectivity index (χ3v) is 3.49. The van der Waals surface area contributed by atoms with Crippen molar-refractivity contribution in [1.82, 2.24) is 4.37 Å². The molecule has 1 heterocycles. The van der Waals surface area contributed by atoms with E-state index in [2.05, 4.69) is 24.3 Å². The molecule has 70 valence electrons. The van der Waals surface area contributed by atoms with Crippen LogP contribution in [0.25, 0.3) is 5.57 Å². The Kier molecular flexibility index (Phi) is 2.49. The van der Waals surface area contributed by atoms with Gasteiger partial charge in [-0.1, -0.05) is 6.08 Å². The molecule has 0 aliphatic heterocycles. The van der Waals surface area contributed by atoms with Crippen molar-refractivity contribution in [2.75, 3.05) is 0 Å². The second-order valence-corrected chi connectivity index (χ2v) is 4.65. The quantitative estimate of drug-likeness (QED) is 0.662. The summed E-state index contributed by atoms with van der Waals surface area (Å²) in [5, 5.41) is 0. The fourth-order valence-corrected chi connectivity index (χ4v) is 2.74. The summed E-state index contributed by atoms with van der Waals surface area (Å²) in [5.74, 6) is 0. The average Bonchev–Trinajstić information content (AvgIpc) is 2.48. The Labute approximate surface area is 83.7 Å². The summed E-state index contributed by atoms with van der Waals surface area (Å²) in [6.45, 7) is 4.30. The zero-order valence-corrected chi connectivity index (χ0v) is 9.08. The van der Waals surface area contributed by atoms with Gasteiger partial charge in [0, 0.05) is 10.4 Å². The maximum atomic E-state index is 4.39. The lowest BCUT2D eigenvalue weighted by molar-refractivity contribution is 0.741. The Morgan fingerprint density at radius 3 is 2.69 bits per heavy atom. The van der Waals surface area contributed by atoms with Crippen LogP contribution in [0.2, 0.25) is 0 Å². The van der Waals surface area contributed by atoms with Crippen LogP contribution in [-0.4, -0.2) is 4.37 Å². The van der Waals surface area contributed by atoms with Gasteiger partial charge >= 0.3 is 0 Å². The first-order valence-electron chi connectivity index (χ1n) is 4.91. The van der Waals surface area contributed by atoms with E-state index >= 15 is 0 Å². The molecule has 0 N–H and O–H groups in total. The molecule has 0 saturated heterocycles. The summed E-state index contributed by atoms with van der Waals surface area (Å²) in [4.78, 5) is 1.38. The van der Waals surface area contributed by atoms with E-state index < -0.39 is 0 Å². The summed E-state index contributed by atoms with van der Waals surface area (Å²) in [6.07, 6.45) is 7.61. The highest BCUT2D eigenvalue weighted by Crippen LogP contribution is 2.32. The minimum absolute atomic E-state index is 1.22. The summed E-state index contributed by atoms with van der Waals surface area (Å²) in [7, 11) is 0. The van der Waals surface area contributed by atoms with Gasteiger partial charge in [-0.25, -0.2) is 0 Å². The maximum Gasteiger partial charge on any atom is 0.0588 e. The maximum absolute atomic E-state index is 4.39. The van der Waals surface area contributed by atoms with Crippen molar-refractivity contribution in [3.05, 3.63) is 22.2 Å². The van der Waals surface area contributed by atoms with Crippen molar-refractivity contribution in [3.8, 4) is 0 Å². The SMILES string of the molecule is Cc1nsc(C)c1C1=CCCCC1. The van der Waals surface area contributed by atoms with E-state index in [0.29, 0.717) is 0 Å². The number of aromatic nitrogens is 1. The van der Waals surface area contributed by atoms with Crippen molar-refractivity contribution >= 4 is 17.1 Å². The summed E-state index contributed by atoms with van der Waals surface area (Å²) in [6, 6.07) is 0. The van der Waals surface area contributed by atoms with Crippen LogP contribution in [0.3, 0.4) is 0 Å². The molecule has 1 aliphatic carbocycles. The van der Waals surface area contributed by atoms with Gasteiger partial charge < -0.3 is 0 Å². The molecule has 1 aromatic heterocycles. The van der Waals surface area contributed by atoms with Crippen molar-refractivity contribution in [2.45, 2.75) is 39.5 Å². The van der Waals surface area contributed by atoms with Gasteiger partial charge in [0.2, 0.25) is 0 Å². The van der Waals surface area contributed by atoms with Crippen LogP contribution in [0, 0.1) is 13.8 Å². The minimum atomic E-state index is 1.22. The van der Waals surface area contributed by atoms with E-state index in [1.54, 1.807) is 11.5 Å². The molecule has 13 heavy (non-hydrogen) atoms. The van der Waals surface area contributed by atoms with Gasteiger partial charge in [0.25, 0.3) is 0 Å². The Morgan fingerprint density at radius 2 is 2.15 bits per heavy atom. The highest BCUT2D eigenvalue weighted by molar-refractivity contribution is 7.06. The van der Waals surface area contributed by atoms with Crippen molar-refractivity contribution in [2.24, 2.45) is 0 Å². The zero-order valence-electron chi connectivity index (χ0n) is 8.26. The van der Waals surface area contributed by atoms with E-state index in [1.807, 2.05) is 0 Å². The smallest absolute Gasteiger partial charge is 0.0588 e. The predicted octanol–water partition coefficient (Wildman–Crippen LogP) is 3.72. The number of hydrogen-bond acceptors (Lipinski definition) is 2. The van der Waals surface area contributed by atoms with Crippen LogP contribution in [0.15, 0.2) is 6.08 Å². The van der Waals surface area contributed by atoms with Crippen LogP contribution >= 0.6 is 11.5 Å². The fraction of sp³-hybridized carbons (Fsp3) is 0.545. The van der Waals surface area contributed by atoms with Crippen LogP contribution in [0.5, 0.6) is 0 Å². The third kappa shape index (κ3) is 1.68. The lowest BCUT2D eigenvalue weighted by Crippen LogP contribution is -1.93. The molecule has 1 aromatic rings. The Morgan fingerprint density at radius 1 is 1.31 bits per heavy atom. The van der Waals surface area contributed by atoms with Crippen LogP contribution in [0.1, 0.15) is 41.8 Å². The Hall–Kier alpha value is -0.630. The monoisotopic (exact) mass is 193 g/mol. The topological polar surface area (TPSA) is 12.9 Å². The first-order valence-corrected chi connectivity index (χ1v) is 5.68. The molecule has 0 unspecified atom stereocenters. The summed E-state index contributed by atoms with van der Waals surface area (Å²) in [5.41, 5.74) is 4.19. The molecule has 0 spiro atoms. The van der Waals surface area contributed by atoms with E-state index in [4.69, 9.17) is 0 Å². The van der Waals surface area contributed by atoms with E-state index in [-0.39, 0.29) is 0 Å². The van der Waals surface area contributed by atoms with Crippen LogP contribution in [-0.2, 0) is 0 Å². The van der Waals surface area contributed by atoms with Gasteiger partial charge in [0.05, 0.1) is 5.69 Å². The highest BCUT2D eigenvalue weighted by atomic mass is 32.1. The lowest BCUT2D eigenvalue weighted by Gasteiger charge is -2.12. The second kappa shape index (κ2) is 3.62. The number of aryl methyl sites for hydroxylation is 2. The number of hydrogen-bond donors (Lipinski definition) is 0. The van der Waals surface area contributed by atoms with E-state index in [0.717, 1.165) is 0 Å². The molecule has 2 rings (SSSR count). The first kappa shape index (κ1) is 8.95. The molecule has 0 bridgehead atoms. The highest BCUT2D eigenvalue weighted by Gasteiger charge is 2.13. The molecular weight excluding hydrogens is 178 g/mol. The standard InChI is InChI=1S/C11H15NS/c1-8-11(9(2)13-12-8)10-6-4-3-5-7-10/h6H,3-5,7H2,1-2H3.